The number of hydrogen-bond acceptors (Lipinski definition) is 3. The number of rotatable bonds is 6. The molecule has 2 rings (SSSR count). The van der Waals surface area contributed by atoms with E-state index in [1.165, 1.54) is 16.7 Å². The van der Waals surface area contributed by atoms with E-state index in [9.17, 15) is 0 Å². The fraction of sp³-hybridized carbons (Fsp3) is 0.412. The number of hydrogen-bond donors (Lipinski definition) is 1. The number of furan rings is 1. The van der Waals surface area contributed by atoms with Crippen molar-refractivity contribution in [3.05, 3.63) is 53.0 Å². The van der Waals surface area contributed by atoms with E-state index in [-0.39, 0.29) is 6.04 Å². The highest BCUT2D eigenvalue weighted by Gasteiger charge is 2.21. The van der Waals surface area contributed by atoms with Crippen molar-refractivity contribution in [1.29, 1.82) is 0 Å². The molecule has 1 unspecified atom stereocenters. The molecule has 0 aliphatic rings. The maximum absolute atomic E-state index is 5.60. The zero-order valence-corrected chi connectivity index (χ0v) is 12.7. The van der Waals surface area contributed by atoms with Gasteiger partial charge in [-0.1, -0.05) is 13.0 Å². The van der Waals surface area contributed by atoms with Crippen molar-refractivity contribution in [3.8, 4) is 5.75 Å². The lowest BCUT2D eigenvalue weighted by Gasteiger charge is -2.23. The highest BCUT2D eigenvalue weighted by Crippen LogP contribution is 2.34. The summed E-state index contributed by atoms with van der Waals surface area (Å²) < 4.78 is 10.8. The molecule has 0 bridgehead atoms. The largest absolute Gasteiger partial charge is 0.496 e. The number of nitrogens with one attached hydrogen (secondary N) is 1. The second kappa shape index (κ2) is 6.62. The molecule has 108 valence electrons. The highest BCUT2D eigenvalue weighted by molar-refractivity contribution is 5.48. The van der Waals surface area contributed by atoms with Crippen LogP contribution in [0.25, 0.3) is 0 Å². The molecule has 20 heavy (non-hydrogen) atoms. The molecule has 1 aromatic carbocycles. The van der Waals surface area contributed by atoms with Gasteiger partial charge in [-0.3, -0.25) is 0 Å². The number of aryl methyl sites for hydroxylation is 2. The molecule has 0 aliphatic carbocycles. The van der Waals surface area contributed by atoms with Crippen LogP contribution in [0.15, 0.2) is 35.1 Å². The summed E-state index contributed by atoms with van der Waals surface area (Å²) in [5.74, 6) is 0.928. The van der Waals surface area contributed by atoms with Crippen LogP contribution < -0.4 is 10.1 Å². The first-order chi connectivity index (χ1) is 9.67. The zero-order valence-electron chi connectivity index (χ0n) is 12.7. The van der Waals surface area contributed by atoms with Crippen molar-refractivity contribution in [3.63, 3.8) is 0 Å². The Kier molecular flexibility index (Phi) is 4.85. The Hall–Kier alpha value is -1.74. The van der Waals surface area contributed by atoms with Gasteiger partial charge in [0.05, 0.1) is 25.7 Å². The third kappa shape index (κ3) is 3.05. The second-order valence-corrected chi connectivity index (χ2v) is 5.14. The first-order valence-corrected chi connectivity index (χ1v) is 7.08. The van der Waals surface area contributed by atoms with Gasteiger partial charge < -0.3 is 14.5 Å². The average molecular weight is 273 g/mol. The monoisotopic (exact) mass is 273 g/mol. The number of ether oxygens (including phenoxy) is 1. The van der Waals surface area contributed by atoms with Crippen LogP contribution in [-0.4, -0.2) is 13.7 Å². The Morgan fingerprint density at radius 3 is 2.70 bits per heavy atom. The van der Waals surface area contributed by atoms with E-state index in [4.69, 9.17) is 9.15 Å². The summed E-state index contributed by atoms with van der Waals surface area (Å²) in [7, 11) is 1.73. The van der Waals surface area contributed by atoms with Gasteiger partial charge >= 0.3 is 0 Å². The van der Waals surface area contributed by atoms with Gasteiger partial charge in [0.25, 0.3) is 0 Å². The summed E-state index contributed by atoms with van der Waals surface area (Å²) in [5, 5.41) is 3.58. The summed E-state index contributed by atoms with van der Waals surface area (Å²) in [6.45, 7) is 7.34. The zero-order chi connectivity index (χ0) is 14.5. The average Bonchev–Trinajstić information content (AvgIpc) is 2.94. The Morgan fingerprint density at radius 1 is 1.30 bits per heavy atom. The second-order valence-electron chi connectivity index (χ2n) is 5.14. The molecular weight excluding hydrogens is 250 g/mol. The molecule has 0 spiro atoms. The van der Waals surface area contributed by atoms with E-state index < -0.39 is 0 Å². The van der Waals surface area contributed by atoms with Crippen LogP contribution in [-0.2, 0) is 0 Å². The smallest absolute Gasteiger partial charge is 0.124 e. The van der Waals surface area contributed by atoms with Gasteiger partial charge in [-0.15, -0.1) is 0 Å². The molecule has 3 heteroatoms. The number of benzene rings is 1. The SMILES string of the molecule is CCCNC(c1ccoc1)c1c(C)cc(C)cc1OC. The van der Waals surface area contributed by atoms with E-state index in [1.54, 1.807) is 19.6 Å². The van der Waals surface area contributed by atoms with E-state index in [0.29, 0.717) is 0 Å². The molecule has 3 nitrogen and oxygen atoms in total. The van der Waals surface area contributed by atoms with Gasteiger partial charge in [-0.2, -0.15) is 0 Å². The predicted octanol–water partition coefficient (Wildman–Crippen LogP) is 3.99. The third-order valence-corrected chi connectivity index (χ3v) is 3.48. The molecule has 0 saturated carbocycles. The van der Waals surface area contributed by atoms with Gasteiger partial charge in [0.1, 0.15) is 5.75 Å². The lowest BCUT2D eigenvalue weighted by atomic mass is 9.94. The van der Waals surface area contributed by atoms with Crippen molar-refractivity contribution in [2.45, 2.75) is 33.2 Å². The summed E-state index contributed by atoms with van der Waals surface area (Å²) in [6, 6.07) is 6.39. The number of methoxy groups -OCH3 is 1. The first kappa shape index (κ1) is 14.7. The van der Waals surface area contributed by atoms with Gasteiger partial charge in [0.15, 0.2) is 0 Å². The topological polar surface area (TPSA) is 34.4 Å². The van der Waals surface area contributed by atoms with Crippen LogP contribution in [0.1, 0.15) is 41.6 Å². The minimum Gasteiger partial charge on any atom is -0.496 e. The summed E-state index contributed by atoms with van der Waals surface area (Å²) >= 11 is 0. The van der Waals surface area contributed by atoms with Crippen molar-refractivity contribution in [2.75, 3.05) is 13.7 Å². The molecule has 2 aromatic rings. The Labute approximate surface area is 121 Å². The fourth-order valence-electron chi connectivity index (χ4n) is 2.59. The summed E-state index contributed by atoms with van der Waals surface area (Å²) in [4.78, 5) is 0. The Bertz CT molecular complexity index is 546. The quantitative estimate of drug-likeness (QED) is 0.864. The first-order valence-electron chi connectivity index (χ1n) is 7.08. The Balaban J connectivity index is 2.48. The van der Waals surface area contributed by atoms with Crippen LogP contribution in [0, 0.1) is 13.8 Å². The maximum Gasteiger partial charge on any atom is 0.124 e. The molecule has 1 heterocycles. The predicted molar refractivity (Wildman–Crippen MR) is 81.3 cm³/mol. The molecule has 1 atom stereocenters. The van der Waals surface area contributed by atoms with Gasteiger partial charge in [-0.25, -0.2) is 0 Å². The minimum atomic E-state index is 0.101. The minimum absolute atomic E-state index is 0.101. The van der Waals surface area contributed by atoms with Gasteiger partial charge in [0.2, 0.25) is 0 Å². The molecule has 1 N–H and O–H groups in total. The normalized spacial score (nSPS) is 12.4. The standard InChI is InChI=1S/C17H23NO2/c1-5-7-18-17(14-6-8-20-11-14)16-13(3)9-12(2)10-15(16)19-4/h6,8-11,17-18H,5,7H2,1-4H3. The van der Waals surface area contributed by atoms with Crippen molar-refractivity contribution >= 4 is 0 Å². The maximum atomic E-state index is 5.60. The van der Waals surface area contributed by atoms with E-state index in [1.807, 2.05) is 6.07 Å². The van der Waals surface area contributed by atoms with Crippen LogP contribution in [0.5, 0.6) is 5.75 Å². The summed E-state index contributed by atoms with van der Waals surface area (Å²) in [6.07, 6.45) is 4.60. The molecule has 0 aliphatic heterocycles. The van der Waals surface area contributed by atoms with Gasteiger partial charge in [-0.05, 0) is 50.1 Å². The van der Waals surface area contributed by atoms with Crippen LogP contribution in [0.3, 0.4) is 0 Å². The Morgan fingerprint density at radius 2 is 2.10 bits per heavy atom. The van der Waals surface area contributed by atoms with E-state index in [0.717, 1.165) is 24.3 Å². The van der Waals surface area contributed by atoms with E-state index >= 15 is 0 Å². The highest BCUT2D eigenvalue weighted by atomic mass is 16.5. The molecule has 0 saturated heterocycles. The van der Waals surface area contributed by atoms with Gasteiger partial charge in [0, 0.05) is 11.1 Å². The lowest BCUT2D eigenvalue weighted by Crippen LogP contribution is -2.24. The van der Waals surface area contributed by atoms with Crippen molar-refractivity contribution in [2.24, 2.45) is 0 Å². The summed E-state index contributed by atoms with van der Waals surface area (Å²) in [5.41, 5.74) is 4.76. The molecule has 1 aromatic heterocycles. The van der Waals surface area contributed by atoms with Crippen LogP contribution >= 0.6 is 0 Å². The third-order valence-electron chi connectivity index (χ3n) is 3.48. The lowest BCUT2D eigenvalue weighted by molar-refractivity contribution is 0.402. The fourth-order valence-corrected chi connectivity index (χ4v) is 2.59. The van der Waals surface area contributed by atoms with E-state index in [2.05, 4.69) is 38.2 Å². The molecule has 0 radical (unpaired) electrons. The van der Waals surface area contributed by atoms with Crippen molar-refractivity contribution < 1.29 is 9.15 Å². The van der Waals surface area contributed by atoms with Crippen LogP contribution in [0.2, 0.25) is 0 Å². The molecular formula is C17H23NO2. The van der Waals surface area contributed by atoms with Crippen molar-refractivity contribution in [1.82, 2.24) is 5.32 Å². The van der Waals surface area contributed by atoms with Crippen LogP contribution in [0.4, 0.5) is 0 Å². The molecule has 0 amide bonds. The molecule has 0 fully saturated rings.